The number of nitrogens with one attached hydrogen (secondary N) is 1. The smallest absolute Gasteiger partial charge is 0.148 e. The van der Waals surface area contributed by atoms with Gasteiger partial charge in [0.25, 0.3) is 0 Å². The molecule has 112 valence electrons. The van der Waals surface area contributed by atoms with Gasteiger partial charge in [-0.05, 0) is 39.0 Å². The predicted molar refractivity (Wildman–Crippen MR) is 83.8 cm³/mol. The predicted octanol–water partition coefficient (Wildman–Crippen LogP) is 2.79. The van der Waals surface area contributed by atoms with Gasteiger partial charge in [-0.15, -0.1) is 0 Å². The maximum absolute atomic E-state index is 5.55. The van der Waals surface area contributed by atoms with Crippen molar-refractivity contribution in [1.82, 2.24) is 9.97 Å². The number of nitrogens with two attached hydrogens (primary N) is 1. The monoisotopic (exact) mass is 277 g/mol. The van der Waals surface area contributed by atoms with E-state index in [0.29, 0.717) is 0 Å². The number of hydrogen-bond acceptors (Lipinski definition) is 5. The van der Waals surface area contributed by atoms with Crippen molar-refractivity contribution in [3.8, 4) is 0 Å². The molecule has 0 aliphatic carbocycles. The molecular weight excluding hydrogens is 250 g/mol. The summed E-state index contributed by atoms with van der Waals surface area (Å²) < 4.78 is 0. The summed E-state index contributed by atoms with van der Waals surface area (Å²) in [5.74, 6) is 8.98. The van der Waals surface area contributed by atoms with Crippen LogP contribution in [0.2, 0.25) is 0 Å². The molecule has 2 heterocycles. The van der Waals surface area contributed by atoms with Gasteiger partial charge in [0.1, 0.15) is 17.5 Å². The van der Waals surface area contributed by atoms with Crippen LogP contribution in [0, 0.1) is 19.8 Å². The summed E-state index contributed by atoms with van der Waals surface area (Å²) in [5.41, 5.74) is 3.73. The number of anilines is 2. The maximum atomic E-state index is 5.55. The van der Waals surface area contributed by atoms with Gasteiger partial charge in [0.05, 0.1) is 0 Å². The molecule has 0 bridgehead atoms. The molecule has 1 saturated heterocycles. The molecule has 1 fully saturated rings. The third kappa shape index (κ3) is 3.39. The van der Waals surface area contributed by atoms with Gasteiger partial charge in [0.15, 0.2) is 0 Å². The van der Waals surface area contributed by atoms with E-state index in [0.717, 1.165) is 42.0 Å². The molecule has 0 saturated carbocycles. The van der Waals surface area contributed by atoms with Gasteiger partial charge < -0.3 is 10.3 Å². The zero-order valence-electron chi connectivity index (χ0n) is 12.9. The highest BCUT2D eigenvalue weighted by Gasteiger charge is 2.20. The van der Waals surface area contributed by atoms with E-state index in [1.165, 1.54) is 32.1 Å². The molecule has 1 aromatic heterocycles. The van der Waals surface area contributed by atoms with Crippen LogP contribution < -0.4 is 16.2 Å². The van der Waals surface area contributed by atoms with Crippen LogP contribution in [-0.2, 0) is 0 Å². The number of aryl methyl sites for hydroxylation is 1. The Morgan fingerprint density at radius 3 is 2.75 bits per heavy atom. The first-order valence-electron chi connectivity index (χ1n) is 7.72. The minimum absolute atomic E-state index is 0.738. The summed E-state index contributed by atoms with van der Waals surface area (Å²) in [4.78, 5) is 11.4. The topological polar surface area (TPSA) is 67.1 Å². The molecule has 1 aliphatic rings. The normalized spacial score (nSPS) is 19.8. The van der Waals surface area contributed by atoms with E-state index in [1.807, 2.05) is 13.8 Å². The van der Waals surface area contributed by atoms with Crippen LogP contribution in [0.4, 0.5) is 11.6 Å². The van der Waals surface area contributed by atoms with E-state index in [1.54, 1.807) is 0 Å². The summed E-state index contributed by atoms with van der Waals surface area (Å²) in [6, 6.07) is 0. The Morgan fingerprint density at radius 2 is 2.05 bits per heavy atom. The first-order valence-corrected chi connectivity index (χ1v) is 7.72. The summed E-state index contributed by atoms with van der Waals surface area (Å²) in [5, 5.41) is 0. The van der Waals surface area contributed by atoms with E-state index in [4.69, 9.17) is 5.84 Å². The summed E-state index contributed by atoms with van der Waals surface area (Å²) in [7, 11) is 0. The lowest BCUT2D eigenvalue weighted by Crippen LogP contribution is -2.27. The van der Waals surface area contributed by atoms with E-state index in [9.17, 15) is 0 Å². The Bertz CT molecular complexity index is 446. The lowest BCUT2D eigenvalue weighted by molar-refractivity contribution is 0.435. The largest absolute Gasteiger partial charge is 0.356 e. The van der Waals surface area contributed by atoms with Gasteiger partial charge in [-0.2, -0.15) is 0 Å². The molecule has 1 aliphatic heterocycles. The Hall–Kier alpha value is -1.36. The van der Waals surface area contributed by atoms with Crippen molar-refractivity contribution in [3.05, 3.63) is 11.4 Å². The second-order valence-electron chi connectivity index (χ2n) is 5.79. The summed E-state index contributed by atoms with van der Waals surface area (Å²) >= 11 is 0. The molecule has 20 heavy (non-hydrogen) atoms. The molecular formula is C15H27N5. The summed E-state index contributed by atoms with van der Waals surface area (Å²) in [6.07, 6.45) is 6.50. The van der Waals surface area contributed by atoms with Gasteiger partial charge in [0.2, 0.25) is 0 Å². The highest BCUT2D eigenvalue weighted by atomic mass is 15.3. The van der Waals surface area contributed by atoms with Gasteiger partial charge in [0, 0.05) is 18.7 Å². The van der Waals surface area contributed by atoms with Crippen molar-refractivity contribution in [2.24, 2.45) is 11.8 Å². The van der Waals surface area contributed by atoms with Gasteiger partial charge in [-0.1, -0.05) is 19.8 Å². The van der Waals surface area contributed by atoms with E-state index < -0.39 is 0 Å². The fourth-order valence-electron chi connectivity index (χ4n) is 3.14. The molecule has 0 aromatic carbocycles. The molecule has 5 nitrogen and oxygen atoms in total. The van der Waals surface area contributed by atoms with Gasteiger partial charge in [-0.25, -0.2) is 15.8 Å². The fourth-order valence-corrected chi connectivity index (χ4v) is 3.14. The van der Waals surface area contributed by atoms with Crippen molar-refractivity contribution in [2.75, 3.05) is 23.4 Å². The van der Waals surface area contributed by atoms with E-state index in [-0.39, 0.29) is 0 Å². The lowest BCUT2D eigenvalue weighted by atomic mass is 9.96. The van der Waals surface area contributed by atoms with E-state index in [2.05, 4.69) is 27.2 Å². The third-order valence-corrected chi connectivity index (χ3v) is 4.21. The van der Waals surface area contributed by atoms with Crippen molar-refractivity contribution >= 4 is 11.6 Å². The SMILES string of the molecule is CCCC1CCCN(c2nc(C)nc(NN)c2C)CC1. The quantitative estimate of drug-likeness (QED) is 0.654. The molecule has 1 aromatic rings. The van der Waals surface area contributed by atoms with Gasteiger partial charge in [-0.3, -0.25) is 0 Å². The van der Waals surface area contributed by atoms with Crippen molar-refractivity contribution in [1.29, 1.82) is 0 Å². The Balaban J connectivity index is 2.17. The van der Waals surface area contributed by atoms with Crippen LogP contribution in [0.25, 0.3) is 0 Å². The minimum atomic E-state index is 0.738. The first kappa shape index (κ1) is 15.0. The standard InChI is InChI=1S/C15H27N5/c1-4-6-13-7-5-9-20(10-8-13)15-11(2)14(19-16)17-12(3)18-15/h13H,4-10,16H2,1-3H3,(H,17,18,19). The average Bonchev–Trinajstić information content (AvgIpc) is 2.67. The first-order chi connectivity index (χ1) is 9.65. The number of nitrogens with zero attached hydrogens (tertiary/aromatic N) is 3. The highest BCUT2D eigenvalue weighted by molar-refractivity contribution is 5.58. The van der Waals surface area contributed by atoms with Crippen LogP contribution in [0.3, 0.4) is 0 Å². The number of nitrogen functional groups attached to an aromatic ring is 1. The molecule has 3 N–H and O–H groups in total. The maximum Gasteiger partial charge on any atom is 0.148 e. The van der Waals surface area contributed by atoms with Crippen LogP contribution >= 0.6 is 0 Å². The molecule has 0 radical (unpaired) electrons. The minimum Gasteiger partial charge on any atom is -0.356 e. The zero-order valence-corrected chi connectivity index (χ0v) is 12.9. The van der Waals surface area contributed by atoms with Gasteiger partial charge >= 0.3 is 0 Å². The Labute approximate surface area is 121 Å². The van der Waals surface area contributed by atoms with Crippen LogP contribution in [0.1, 0.15) is 50.4 Å². The molecule has 5 heteroatoms. The van der Waals surface area contributed by atoms with Crippen LogP contribution in [-0.4, -0.2) is 23.1 Å². The Morgan fingerprint density at radius 1 is 1.25 bits per heavy atom. The summed E-state index contributed by atoms with van der Waals surface area (Å²) in [6.45, 7) is 8.41. The lowest BCUT2D eigenvalue weighted by Gasteiger charge is -2.24. The molecule has 1 unspecified atom stereocenters. The van der Waals surface area contributed by atoms with Crippen LogP contribution in [0.15, 0.2) is 0 Å². The molecule has 2 rings (SSSR count). The Kier molecular flexibility index (Phi) is 5.17. The van der Waals surface area contributed by atoms with Crippen LogP contribution in [0.5, 0.6) is 0 Å². The van der Waals surface area contributed by atoms with Crippen molar-refractivity contribution in [3.63, 3.8) is 0 Å². The third-order valence-electron chi connectivity index (χ3n) is 4.21. The molecule has 0 amide bonds. The second kappa shape index (κ2) is 6.88. The number of rotatable bonds is 4. The highest BCUT2D eigenvalue weighted by Crippen LogP contribution is 2.28. The fraction of sp³-hybridized carbons (Fsp3) is 0.733. The number of hydrazine groups is 1. The molecule has 1 atom stereocenters. The average molecular weight is 277 g/mol. The second-order valence-corrected chi connectivity index (χ2v) is 5.79. The van der Waals surface area contributed by atoms with E-state index >= 15 is 0 Å². The number of hydrogen-bond donors (Lipinski definition) is 2. The van der Waals surface area contributed by atoms with Crippen molar-refractivity contribution in [2.45, 2.75) is 52.9 Å². The zero-order chi connectivity index (χ0) is 14.5. The van der Waals surface area contributed by atoms with Crippen molar-refractivity contribution < 1.29 is 0 Å². The number of aromatic nitrogens is 2. The molecule has 0 spiro atoms.